The van der Waals surface area contributed by atoms with Crippen molar-refractivity contribution < 1.29 is 23.9 Å². The summed E-state index contributed by atoms with van der Waals surface area (Å²) in [6, 6.07) is 33.6. The molecule has 0 aromatic heterocycles. The topological polar surface area (TPSA) is 84.0 Å². The number of fused-ring (bicyclic) bond motifs is 1. The minimum Gasteiger partial charge on any atom is -0.447 e. The molecule has 2 aliphatic heterocycles. The van der Waals surface area contributed by atoms with Crippen molar-refractivity contribution >= 4 is 23.8 Å². The fraction of sp³-hybridized carbons (Fsp3) is 0.263. The molecule has 1 saturated heterocycles. The zero-order valence-electron chi connectivity index (χ0n) is 25.5. The normalized spacial score (nSPS) is 17.4. The molecular formula is C38H36N2O5. The number of benzene rings is 4. The average Bonchev–Trinajstić information content (AvgIpc) is 3.57. The third kappa shape index (κ3) is 6.16. The second-order valence-electron chi connectivity index (χ2n) is 12.2. The van der Waals surface area contributed by atoms with Crippen LogP contribution in [-0.4, -0.2) is 52.3 Å². The average molecular weight is 601 g/mol. The lowest BCUT2D eigenvalue weighted by atomic mass is 9.87. The summed E-state index contributed by atoms with van der Waals surface area (Å²) in [5.74, 6) is -1.76. The van der Waals surface area contributed by atoms with Crippen LogP contribution in [0.2, 0.25) is 0 Å². The van der Waals surface area contributed by atoms with Crippen molar-refractivity contribution in [2.24, 2.45) is 11.8 Å². The first-order valence-corrected chi connectivity index (χ1v) is 15.5. The van der Waals surface area contributed by atoms with Crippen molar-refractivity contribution in [3.63, 3.8) is 0 Å². The minimum atomic E-state index is -0.683. The predicted octanol–water partition coefficient (Wildman–Crippen LogP) is 6.81. The lowest BCUT2D eigenvalue weighted by Crippen LogP contribution is -2.48. The maximum absolute atomic E-state index is 14.3. The van der Waals surface area contributed by atoms with Crippen molar-refractivity contribution in [1.82, 2.24) is 9.80 Å². The highest BCUT2D eigenvalue weighted by atomic mass is 16.6. The van der Waals surface area contributed by atoms with Crippen LogP contribution in [0.3, 0.4) is 0 Å². The standard InChI is InChI=1S/C38H36N2O5/c1-25(2)34-24-45-38(44)40(34)35(41)30(21-26-11-5-3-6-12-26)23-31(39-36(42)32-15-9-10-16-33(32)37(39)43)22-27-17-19-29(20-18-27)28-13-7-4-8-14-28/h3-20,25,30-31,34H,21-24H2,1-2H3/t30-,31-,34?/m1/s1. The molecule has 7 nitrogen and oxygen atoms in total. The van der Waals surface area contributed by atoms with Crippen LogP contribution in [0.15, 0.2) is 109 Å². The maximum Gasteiger partial charge on any atom is 0.416 e. The molecule has 1 fully saturated rings. The fourth-order valence-corrected chi connectivity index (χ4v) is 6.43. The summed E-state index contributed by atoms with van der Waals surface area (Å²) in [5, 5.41) is 0. The summed E-state index contributed by atoms with van der Waals surface area (Å²) in [5.41, 5.74) is 4.73. The van der Waals surface area contributed by atoms with E-state index in [1.54, 1.807) is 24.3 Å². The quantitative estimate of drug-likeness (QED) is 0.187. The summed E-state index contributed by atoms with van der Waals surface area (Å²) < 4.78 is 5.33. The van der Waals surface area contributed by atoms with Gasteiger partial charge in [-0.1, -0.05) is 111 Å². The second kappa shape index (κ2) is 12.9. The van der Waals surface area contributed by atoms with Gasteiger partial charge in [-0.15, -0.1) is 0 Å². The Hall–Kier alpha value is -5.04. The Morgan fingerprint density at radius 3 is 1.84 bits per heavy atom. The number of nitrogens with zero attached hydrogens (tertiary/aromatic N) is 2. The second-order valence-corrected chi connectivity index (χ2v) is 12.2. The van der Waals surface area contributed by atoms with Gasteiger partial charge in [-0.05, 0) is 59.6 Å². The highest BCUT2D eigenvalue weighted by Crippen LogP contribution is 2.32. The summed E-state index contributed by atoms with van der Waals surface area (Å²) >= 11 is 0. The van der Waals surface area contributed by atoms with Crippen molar-refractivity contribution in [2.45, 2.75) is 45.2 Å². The van der Waals surface area contributed by atoms with E-state index >= 15 is 0 Å². The number of hydrogen-bond acceptors (Lipinski definition) is 5. The Morgan fingerprint density at radius 2 is 1.24 bits per heavy atom. The molecule has 0 aliphatic carbocycles. The molecule has 1 unspecified atom stereocenters. The van der Waals surface area contributed by atoms with E-state index < -0.39 is 18.1 Å². The van der Waals surface area contributed by atoms with Crippen LogP contribution < -0.4 is 0 Å². The van der Waals surface area contributed by atoms with Crippen molar-refractivity contribution in [3.8, 4) is 11.1 Å². The van der Waals surface area contributed by atoms with Crippen LogP contribution in [0.4, 0.5) is 4.79 Å². The van der Waals surface area contributed by atoms with E-state index in [1.165, 1.54) is 9.80 Å². The van der Waals surface area contributed by atoms with E-state index in [1.807, 2.05) is 98.8 Å². The molecule has 0 bridgehead atoms. The first kappa shape index (κ1) is 30.0. The van der Waals surface area contributed by atoms with Crippen LogP contribution in [0.1, 0.15) is 52.1 Å². The number of ether oxygens (including phenoxy) is 1. The first-order valence-electron chi connectivity index (χ1n) is 15.5. The number of carbonyl (C=O) groups excluding carboxylic acids is 4. The predicted molar refractivity (Wildman–Crippen MR) is 171 cm³/mol. The van der Waals surface area contributed by atoms with E-state index in [9.17, 15) is 19.2 Å². The smallest absolute Gasteiger partial charge is 0.416 e. The Labute approximate surface area is 263 Å². The van der Waals surface area contributed by atoms with E-state index in [-0.39, 0.29) is 42.7 Å². The maximum atomic E-state index is 14.3. The third-order valence-electron chi connectivity index (χ3n) is 8.87. The van der Waals surface area contributed by atoms with Gasteiger partial charge in [-0.2, -0.15) is 0 Å². The summed E-state index contributed by atoms with van der Waals surface area (Å²) in [7, 11) is 0. The highest BCUT2D eigenvalue weighted by Gasteiger charge is 2.45. The zero-order valence-corrected chi connectivity index (χ0v) is 25.5. The van der Waals surface area contributed by atoms with Gasteiger partial charge in [-0.25, -0.2) is 9.69 Å². The third-order valence-corrected chi connectivity index (χ3v) is 8.87. The van der Waals surface area contributed by atoms with Crippen molar-refractivity contribution in [2.75, 3.05) is 6.61 Å². The van der Waals surface area contributed by atoms with E-state index in [0.717, 1.165) is 22.3 Å². The van der Waals surface area contributed by atoms with Crippen molar-refractivity contribution in [1.29, 1.82) is 0 Å². The summed E-state index contributed by atoms with van der Waals surface area (Å²) in [4.78, 5) is 57.3. The van der Waals surface area contributed by atoms with Crippen LogP contribution in [0.25, 0.3) is 11.1 Å². The number of imide groups is 2. The van der Waals surface area contributed by atoms with Gasteiger partial charge in [-0.3, -0.25) is 19.3 Å². The van der Waals surface area contributed by atoms with Crippen LogP contribution in [-0.2, 0) is 22.4 Å². The van der Waals surface area contributed by atoms with Gasteiger partial charge in [0.25, 0.3) is 11.8 Å². The lowest BCUT2D eigenvalue weighted by molar-refractivity contribution is -0.134. The van der Waals surface area contributed by atoms with Gasteiger partial charge in [0, 0.05) is 12.0 Å². The molecule has 228 valence electrons. The molecule has 4 amide bonds. The van der Waals surface area contributed by atoms with E-state index in [4.69, 9.17) is 4.74 Å². The Bertz CT molecular complexity index is 1670. The van der Waals surface area contributed by atoms with E-state index in [0.29, 0.717) is 24.0 Å². The molecule has 3 atom stereocenters. The zero-order chi connectivity index (χ0) is 31.5. The van der Waals surface area contributed by atoms with Crippen LogP contribution in [0, 0.1) is 11.8 Å². The molecule has 4 aromatic carbocycles. The SMILES string of the molecule is CC(C)C1COC(=O)N1C(=O)[C@H](Cc1ccccc1)C[C@@H](Cc1ccc(-c2ccccc2)cc1)N1C(=O)c2ccccc2C1=O. The molecule has 0 radical (unpaired) electrons. The molecule has 45 heavy (non-hydrogen) atoms. The summed E-state index contributed by atoms with van der Waals surface area (Å²) in [6.45, 7) is 4.06. The molecule has 6 rings (SSSR count). The minimum absolute atomic E-state index is 0.00735. The van der Waals surface area contributed by atoms with Crippen LogP contribution in [0.5, 0.6) is 0 Å². The number of cyclic esters (lactones) is 1. The molecule has 7 heteroatoms. The van der Waals surface area contributed by atoms with Crippen LogP contribution >= 0.6 is 0 Å². The molecular weight excluding hydrogens is 564 g/mol. The van der Waals surface area contributed by atoms with Crippen molar-refractivity contribution in [3.05, 3.63) is 131 Å². The Morgan fingerprint density at radius 1 is 0.711 bits per heavy atom. The van der Waals surface area contributed by atoms with Gasteiger partial charge in [0.05, 0.1) is 17.2 Å². The lowest BCUT2D eigenvalue weighted by Gasteiger charge is -2.32. The fourth-order valence-electron chi connectivity index (χ4n) is 6.43. The van der Waals surface area contributed by atoms with Gasteiger partial charge in [0.15, 0.2) is 0 Å². The Balaban J connectivity index is 1.36. The van der Waals surface area contributed by atoms with E-state index in [2.05, 4.69) is 0 Å². The molecule has 0 saturated carbocycles. The number of rotatable bonds is 10. The number of carbonyl (C=O) groups is 4. The number of hydrogen-bond donors (Lipinski definition) is 0. The molecule has 0 N–H and O–H groups in total. The number of amides is 4. The van der Waals surface area contributed by atoms with Gasteiger partial charge in [0.1, 0.15) is 6.61 Å². The molecule has 2 aliphatic rings. The monoisotopic (exact) mass is 600 g/mol. The van der Waals surface area contributed by atoms with Gasteiger partial charge in [0.2, 0.25) is 5.91 Å². The largest absolute Gasteiger partial charge is 0.447 e. The molecule has 2 heterocycles. The Kier molecular flexibility index (Phi) is 8.60. The highest BCUT2D eigenvalue weighted by molar-refractivity contribution is 6.21. The van der Waals surface area contributed by atoms with Gasteiger partial charge >= 0.3 is 6.09 Å². The van der Waals surface area contributed by atoms with Gasteiger partial charge < -0.3 is 4.74 Å². The summed E-state index contributed by atoms with van der Waals surface area (Å²) in [6.07, 6.45) is 0.247. The molecule has 0 spiro atoms. The first-order chi connectivity index (χ1) is 21.8. The molecule has 4 aromatic rings.